The molecule has 1 atom stereocenters. The number of hydrogen-bond donors (Lipinski definition) is 1. The first-order valence-electron chi connectivity index (χ1n) is 4.05. The van der Waals surface area contributed by atoms with Crippen molar-refractivity contribution in [3.05, 3.63) is 38.9 Å². The van der Waals surface area contributed by atoms with Gasteiger partial charge in [-0.2, -0.15) is 5.26 Å². The number of nitro benzene ring substituents is 1. The fourth-order valence-corrected chi connectivity index (χ4v) is 1.50. The van der Waals surface area contributed by atoms with E-state index in [9.17, 15) is 15.2 Å². The van der Waals surface area contributed by atoms with Crippen molar-refractivity contribution in [1.29, 1.82) is 5.26 Å². The van der Waals surface area contributed by atoms with Crippen LogP contribution in [0, 0.1) is 21.4 Å². The van der Waals surface area contributed by atoms with Crippen LogP contribution in [0.25, 0.3) is 0 Å². The number of nitriles is 1. The molecule has 0 saturated carbocycles. The molecule has 0 amide bonds. The molecular formula is C9H7ClN2O3. The Bertz CT molecular complexity index is 428. The minimum atomic E-state index is -1.23. The summed E-state index contributed by atoms with van der Waals surface area (Å²) in [5.41, 5.74) is -0.282. The molecule has 1 rings (SSSR count). The van der Waals surface area contributed by atoms with Gasteiger partial charge in [0.25, 0.3) is 5.69 Å². The molecule has 1 N–H and O–H groups in total. The van der Waals surface area contributed by atoms with Crippen LogP contribution in [0.3, 0.4) is 0 Å². The smallest absolute Gasteiger partial charge is 0.276 e. The Labute approximate surface area is 90.7 Å². The van der Waals surface area contributed by atoms with E-state index in [4.69, 9.17) is 16.9 Å². The summed E-state index contributed by atoms with van der Waals surface area (Å²) >= 11 is 5.73. The molecule has 1 aromatic rings. The van der Waals surface area contributed by atoms with Crippen LogP contribution in [-0.2, 0) is 0 Å². The standard InChI is InChI=1S/C9H7ClN2O3/c10-6-2-1-3-7(12(14)15)9(6)8(13)4-5-11/h1-3,8,13H,4H2. The third kappa shape index (κ3) is 2.43. The molecule has 0 saturated heterocycles. The minimum Gasteiger partial charge on any atom is -0.387 e. The van der Waals surface area contributed by atoms with E-state index < -0.39 is 11.0 Å². The molecule has 1 unspecified atom stereocenters. The Morgan fingerprint density at radius 2 is 2.33 bits per heavy atom. The Morgan fingerprint density at radius 3 is 2.87 bits per heavy atom. The van der Waals surface area contributed by atoms with Gasteiger partial charge in [-0.15, -0.1) is 0 Å². The summed E-state index contributed by atoms with van der Waals surface area (Å²) in [5, 5.41) is 28.6. The van der Waals surface area contributed by atoms with Gasteiger partial charge in [0.2, 0.25) is 0 Å². The zero-order valence-corrected chi connectivity index (χ0v) is 8.31. The predicted octanol–water partition coefficient (Wildman–Crippen LogP) is 2.20. The second-order valence-corrected chi connectivity index (χ2v) is 3.21. The maximum Gasteiger partial charge on any atom is 0.276 e. The molecule has 0 spiro atoms. The van der Waals surface area contributed by atoms with Crippen molar-refractivity contribution in [3.8, 4) is 6.07 Å². The van der Waals surface area contributed by atoms with E-state index in [1.54, 1.807) is 6.07 Å². The van der Waals surface area contributed by atoms with Gasteiger partial charge < -0.3 is 5.11 Å². The van der Waals surface area contributed by atoms with E-state index in [2.05, 4.69) is 0 Å². The van der Waals surface area contributed by atoms with Gasteiger partial charge in [-0.25, -0.2) is 0 Å². The van der Waals surface area contributed by atoms with E-state index in [0.717, 1.165) is 0 Å². The van der Waals surface area contributed by atoms with Crippen molar-refractivity contribution in [2.45, 2.75) is 12.5 Å². The highest BCUT2D eigenvalue weighted by molar-refractivity contribution is 6.31. The van der Waals surface area contributed by atoms with Crippen LogP contribution in [0.4, 0.5) is 5.69 Å². The molecule has 0 aliphatic rings. The van der Waals surface area contributed by atoms with E-state index in [-0.39, 0.29) is 22.7 Å². The van der Waals surface area contributed by atoms with Gasteiger partial charge in [-0.3, -0.25) is 10.1 Å². The summed E-state index contributed by atoms with van der Waals surface area (Å²) < 4.78 is 0. The highest BCUT2D eigenvalue weighted by atomic mass is 35.5. The average molecular weight is 227 g/mol. The molecule has 0 heterocycles. The van der Waals surface area contributed by atoms with Crippen molar-refractivity contribution >= 4 is 17.3 Å². The fourth-order valence-electron chi connectivity index (χ4n) is 1.20. The van der Waals surface area contributed by atoms with Crippen LogP contribution in [0.1, 0.15) is 18.1 Å². The van der Waals surface area contributed by atoms with Crippen molar-refractivity contribution in [1.82, 2.24) is 0 Å². The van der Waals surface area contributed by atoms with Crippen LogP contribution in [0.5, 0.6) is 0 Å². The lowest BCUT2D eigenvalue weighted by Crippen LogP contribution is -2.02. The van der Waals surface area contributed by atoms with Crippen molar-refractivity contribution in [2.75, 3.05) is 0 Å². The molecule has 0 radical (unpaired) electrons. The first-order chi connectivity index (χ1) is 7.07. The van der Waals surface area contributed by atoms with Gasteiger partial charge in [-0.05, 0) is 6.07 Å². The highest BCUT2D eigenvalue weighted by Crippen LogP contribution is 2.33. The van der Waals surface area contributed by atoms with Crippen LogP contribution >= 0.6 is 11.6 Å². The molecule has 0 fully saturated rings. The van der Waals surface area contributed by atoms with E-state index in [0.29, 0.717) is 0 Å². The van der Waals surface area contributed by atoms with Crippen molar-refractivity contribution in [2.24, 2.45) is 0 Å². The fraction of sp³-hybridized carbons (Fsp3) is 0.222. The lowest BCUT2D eigenvalue weighted by atomic mass is 10.1. The molecule has 6 heteroatoms. The number of nitro groups is 1. The van der Waals surface area contributed by atoms with Gasteiger partial charge in [0.15, 0.2) is 0 Å². The molecule has 0 aromatic heterocycles. The highest BCUT2D eigenvalue weighted by Gasteiger charge is 2.22. The molecule has 78 valence electrons. The number of nitrogens with zero attached hydrogens (tertiary/aromatic N) is 2. The topological polar surface area (TPSA) is 87.2 Å². The second-order valence-electron chi connectivity index (χ2n) is 2.81. The maximum absolute atomic E-state index is 10.6. The summed E-state index contributed by atoms with van der Waals surface area (Å²) in [6.45, 7) is 0. The summed E-state index contributed by atoms with van der Waals surface area (Å²) in [6.07, 6.45) is -1.46. The SMILES string of the molecule is N#CCC(O)c1c(Cl)cccc1[N+](=O)[O-]. The van der Waals surface area contributed by atoms with E-state index in [1.807, 2.05) is 0 Å². The van der Waals surface area contributed by atoms with E-state index >= 15 is 0 Å². The van der Waals surface area contributed by atoms with Crippen molar-refractivity contribution in [3.63, 3.8) is 0 Å². The van der Waals surface area contributed by atoms with Gasteiger partial charge in [0, 0.05) is 6.07 Å². The molecule has 0 aliphatic heterocycles. The third-order valence-corrected chi connectivity index (χ3v) is 2.17. The van der Waals surface area contributed by atoms with Gasteiger partial charge >= 0.3 is 0 Å². The number of aliphatic hydroxyl groups excluding tert-OH is 1. The molecule has 1 aromatic carbocycles. The summed E-state index contributed by atoms with van der Waals surface area (Å²) in [7, 11) is 0. The largest absolute Gasteiger partial charge is 0.387 e. The molecule has 0 bridgehead atoms. The predicted molar refractivity (Wildman–Crippen MR) is 53.3 cm³/mol. The van der Waals surface area contributed by atoms with Gasteiger partial charge in [0.05, 0.1) is 28.0 Å². The molecule has 5 nitrogen and oxygen atoms in total. The molecular weight excluding hydrogens is 220 g/mol. The lowest BCUT2D eigenvalue weighted by Gasteiger charge is -2.09. The second kappa shape index (κ2) is 4.73. The summed E-state index contributed by atoms with van der Waals surface area (Å²) in [6, 6.07) is 5.82. The normalized spacial score (nSPS) is 11.8. The third-order valence-electron chi connectivity index (χ3n) is 1.84. The van der Waals surface area contributed by atoms with Crippen molar-refractivity contribution < 1.29 is 10.0 Å². The molecule has 15 heavy (non-hydrogen) atoms. The van der Waals surface area contributed by atoms with Crippen LogP contribution < -0.4 is 0 Å². The lowest BCUT2D eigenvalue weighted by molar-refractivity contribution is -0.386. The number of aliphatic hydroxyl groups is 1. The zero-order chi connectivity index (χ0) is 11.4. The number of rotatable bonds is 3. The van der Waals surface area contributed by atoms with E-state index in [1.165, 1.54) is 18.2 Å². The first kappa shape index (κ1) is 11.4. The monoisotopic (exact) mass is 226 g/mol. The summed E-state index contributed by atoms with van der Waals surface area (Å²) in [4.78, 5) is 10.00. The maximum atomic E-state index is 10.6. The first-order valence-corrected chi connectivity index (χ1v) is 4.43. The van der Waals surface area contributed by atoms with Gasteiger partial charge in [0.1, 0.15) is 6.10 Å². The number of hydrogen-bond acceptors (Lipinski definition) is 4. The zero-order valence-electron chi connectivity index (χ0n) is 7.55. The Morgan fingerprint density at radius 1 is 1.67 bits per heavy atom. The summed E-state index contributed by atoms with van der Waals surface area (Å²) in [5.74, 6) is 0. The Hall–Kier alpha value is -1.64. The Balaban J connectivity index is 3.25. The quantitative estimate of drug-likeness (QED) is 0.632. The Kier molecular flexibility index (Phi) is 3.61. The van der Waals surface area contributed by atoms with Crippen LogP contribution in [-0.4, -0.2) is 10.0 Å². The molecule has 0 aliphatic carbocycles. The minimum absolute atomic E-state index is 0.00860. The number of benzene rings is 1. The van der Waals surface area contributed by atoms with Crippen LogP contribution in [0.15, 0.2) is 18.2 Å². The van der Waals surface area contributed by atoms with Crippen LogP contribution in [0.2, 0.25) is 5.02 Å². The number of halogens is 1. The van der Waals surface area contributed by atoms with Gasteiger partial charge in [-0.1, -0.05) is 17.7 Å². The average Bonchev–Trinajstić information content (AvgIpc) is 2.17.